The fourth-order valence-electron chi connectivity index (χ4n) is 0.922. The Kier molecular flexibility index (Phi) is 6.74. The van der Waals surface area contributed by atoms with Gasteiger partial charge in [0.25, 0.3) is 0 Å². The molecule has 0 spiro atoms. The molecule has 0 bridgehead atoms. The topological polar surface area (TPSA) is 61.8 Å². The monoisotopic (exact) mass is 204 g/mol. The molecular formula is C9H16O5. The minimum atomic E-state index is -0.576. The Bertz CT molecular complexity index is 190. The molecule has 0 saturated heterocycles. The number of ether oxygens (including phenoxy) is 3. The van der Waals surface area contributed by atoms with Crippen molar-refractivity contribution in [3.8, 4) is 0 Å². The van der Waals surface area contributed by atoms with Crippen LogP contribution in [0.1, 0.15) is 13.3 Å². The Morgan fingerprint density at radius 2 is 1.86 bits per heavy atom. The average molecular weight is 204 g/mol. The Hall–Kier alpha value is -1.10. The zero-order valence-electron chi connectivity index (χ0n) is 8.74. The molecule has 0 aliphatic rings. The van der Waals surface area contributed by atoms with Crippen molar-refractivity contribution < 1.29 is 23.8 Å². The van der Waals surface area contributed by atoms with Crippen molar-refractivity contribution in [1.82, 2.24) is 0 Å². The van der Waals surface area contributed by atoms with E-state index in [1.54, 1.807) is 0 Å². The number of methoxy groups -OCH3 is 2. The third kappa shape index (κ3) is 4.81. The molecule has 0 radical (unpaired) electrons. The normalized spacial score (nSPS) is 11.9. The van der Waals surface area contributed by atoms with Crippen LogP contribution in [-0.4, -0.2) is 39.4 Å². The second-order valence-corrected chi connectivity index (χ2v) is 2.66. The first-order valence-corrected chi connectivity index (χ1v) is 4.38. The molecule has 0 N–H and O–H groups in total. The van der Waals surface area contributed by atoms with Crippen LogP contribution in [-0.2, 0) is 23.8 Å². The average Bonchev–Trinajstić information content (AvgIpc) is 2.22. The van der Waals surface area contributed by atoms with E-state index >= 15 is 0 Å². The lowest BCUT2D eigenvalue weighted by Crippen LogP contribution is -2.25. The van der Waals surface area contributed by atoms with Crippen LogP contribution in [0.25, 0.3) is 0 Å². The first kappa shape index (κ1) is 12.9. The van der Waals surface area contributed by atoms with E-state index in [1.165, 1.54) is 14.2 Å². The van der Waals surface area contributed by atoms with Crippen molar-refractivity contribution in [3.05, 3.63) is 0 Å². The molecule has 0 amide bonds. The standard InChI is InChI=1S/C9H16O5/c1-4-14-6-7(9(11)13-3)5-8(10)12-2/h7H,4-6H2,1-3H3. The summed E-state index contributed by atoms with van der Waals surface area (Å²) in [5, 5.41) is 0. The summed E-state index contributed by atoms with van der Waals surface area (Å²) in [6, 6.07) is 0. The predicted molar refractivity (Wildman–Crippen MR) is 48.6 cm³/mol. The van der Waals surface area contributed by atoms with Crippen molar-refractivity contribution in [2.75, 3.05) is 27.4 Å². The van der Waals surface area contributed by atoms with Crippen molar-refractivity contribution in [1.29, 1.82) is 0 Å². The van der Waals surface area contributed by atoms with Crippen molar-refractivity contribution in [2.45, 2.75) is 13.3 Å². The van der Waals surface area contributed by atoms with Gasteiger partial charge in [-0.1, -0.05) is 0 Å². The van der Waals surface area contributed by atoms with Crippen LogP contribution >= 0.6 is 0 Å². The van der Waals surface area contributed by atoms with Gasteiger partial charge in [-0.15, -0.1) is 0 Å². The Morgan fingerprint density at radius 1 is 1.21 bits per heavy atom. The van der Waals surface area contributed by atoms with E-state index in [-0.39, 0.29) is 13.0 Å². The molecule has 0 rings (SSSR count). The Labute approximate surface area is 83.3 Å². The second-order valence-electron chi connectivity index (χ2n) is 2.66. The number of esters is 2. The number of hydrogen-bond acceptors (Lipinski definition) is 5. The van der Waals surface area contributed by atoms with Gasteiger partial charge in [-0.25, -0.2) is 0 Å². The van der Waals surface area contributed by atoms with Gasteiger partial charge in [0.05, 0.1) is 33.2 Å². The van der Waals surface area contributed by atoms with Gasteiger partial charge in [-0.2, -0.15) is 0 Å². The molecule has 1 atom stereocenters. The maximum atomic E-state index is 11.2. The molecule has 0 aromatic carbocycles. The maximum absolute atomic E-state index is 11.2. The molecule has 82 valence electrons. The maximum Gasteiger partial charge on any atom is 0.311 e. The van der Waals surface area contributed by atoms with E-state index in [1.807, 2.05) is 6.92 Å². The van der Waals surface area contributed by atoms with Gasteiger partial charge in [0.2, 0.25) is 0 Å². The van der Waals surface area contributed by atoms with Crippen molar-refractivity contribution in [3.63, 3.8) is 0 Å². The van der Waals surface area contributed by atoms with E-state index < -0.39 is 17.9 Å². The van der Waals surface area contributed by atoms with Gasteiger partial charge >= 0.3 is 11.9 Å². The molecule has 0 fully saturated rings. The first-order chi connectivity index (χ1) is 6.65. The summed E-state index contributed by atoms with van der Waals surface area (Å²) >= 11 is 0. The molecule has 0 heterocycles. The summed E-state index contributed by atoms with van der Waals surface area (Å²) < 4.78 is 14.0. The van der Waals surface area contributed by atoms with Crippen LogP contribution in [0, 0.1) is 5.92 Å². The number of carbonyl (C=O) groups is 2. The van der Waals surface area contributed by atoms with Crippen LogP contribution in [0.3, 0.4) is 0 Å². The number of hydrogen-bond donors (Lipinski definition) is 0. The Morgan fingerprint density at radius 3 is 2.29 bits per heavy atom. The molecule has 5 nitrogen and oxygen atoms in total. The van der Waals surface area contributed by atoms with Gasteiger partial charge in [0.1, 0.15) is 0 Å². The lowest BCUT2D eigenvalue weighted by molar-refractivity contribution is -0.154. The van der Waals surface area contributed by atoms with E-state index in [2.05, 4.69) is 9.47 Å². The summed E-state index contributed by atoms with van der Waals surface area (Å²) in [6.45, 7) is 2.49. The molecular weight excluding hydrogens is 188 g/mol. The van der Waals surface area contributed by atoms with Crippen LogP contribution in [0.5, 0.6) is 0 Å². The van der Waals surface area contributed by atoms with Crippen molar-refractivity contribution in [2.24, 2.45) is 5.92 Å². The SMILES string of the molecule is CCOCC(CC(=O)OC)C(=O)OC. The number of carbonyl (C=O) groups excluding carboxylic acids is 2. The number of rotatable bonds is 6. The highest BCUT2D eigenvalue weighted by atomic mass is 16.5. The minimum absolute atomic E-state index is 0.0107. The van der Waals surface area contributed by atoms with Crippen LogP contribution in [0.15, 0.2) is 0 Å². The van der Waals surface area contributed by atoms with Gasteiger partial charge in [-0.3, -0.25) is 9.59 Å². The van der Waals surface area contributed by atoms with Crippen molar-refractivity contribution >= 4 is 11.9 Å². The fourth-order valence-corrected chi connectivity index (χ4v) is 0.922. The van der Waals surface area contributed by atoms with Crippen LogP contribution in [0.2, 0.25) is 0 Å². The molecule has 1 unspecified atom stereocenters. The predicted octanol–water partition coefficient (Wildman–Crippen LogP) is 0.375. The second kappa shape index (κ2) is 7.32. The zero-order valence-corrected chi connectivity index (χ0v) is 8.74. The van der Waals surface area contributed by atoms with Gasteiger partial charge in [0, 0.05) is 6.61 Å². The van der Waals surface area contributed by atoms with Gasteiger partial charge in [-0.05, 0) is 6.92 Å². The molecule has 0 aliphatic heterocycles. The van der Waals surface area contributed by atoms with Crippen LogP contribution in [0.4, 0.5) is 0 Å². The van der Waals surface area contributed by atoms with Gasteiger partial charge in [0.15, 0.2) is 0 Å². The lowest BCUT2D eigenvalue weighted by atomic mass is 10.1. The Balaban J connectivity index is 4.09. The molecule has 5 heteroatoms. The highest BCUT2D eigenvalue weighted by Gasteiger charge is 2.23. The third-order valence-electron chi connectivity index (χ3n) is 1.70. The summed E-state index contributed by atoms with van der Waals surface area (Å²) in [6.07, 6.45) is -0.0107. The summed E-state index contributed by atoms with van der Waals surface area (Å²) in [7, 11) is 2.55. The molecule has 0 aromatic heterocycles. The minimum Gasteiger partial charge on any atom is -0.469 e. The summed E-state index contributed by atoms with van der Waals surface area (Å²) in [5.74, 6) is -1.48. The largest absolute Gasteiger partial charge is 0.469 e. The van der Waals surface area contributed by atoms with E-state index in [0.29, 0.717) is 6.61 Å². The van der Waals surface area contributed by atoms with E-state index in [0.717, 1.165) is 0 Å². The molecule has 0 saturated carbocycles. The van der Waals surface area contributed by atoms with Crippen LogP contribution < -0.4 is 0 Å². The molecule has 0 aromatic rings. The van der Waals surface area contributed by atoms with E-state index in [4.69, 9.17) is 4.74 Å². The highest BCUT2D eigenvalue weighted by Crippen LogP contribution is 2.07. The molecule has 0 aliphatic carbocycles. The quantitative estimate of drug-likeness (QED) is 0.585. The highest BCUT2D eigenvalue weighted by molar-refractivity contribution is 5.79. The first-order valence-electron chi connectivity index (χ1n) is 4.38. The third-order valence-corrected chi connectivity index (χ3v) is 1.70. The van der Waals surface area contributed by atoms with E-state index in [9.17, 15) is 9.59 Å². The summed E-state index contributed by atoms with van der Waals surface area (Å²) in [4.78, 5) is 22.1. The summed E-state index contributed by atoms with van der Waals surface area (Å²) in [5.41, 5.74) is 0. The fraction of sp³-hybridized carbons (Fsp3) is 0.778. The zero-order chi connectivity index (χ0) is 11.0. The van der Waals surface area contributed by atoms with Gasteiger partial charge < -0.3 is 14.2 Å². The molecule has 14 heavy (non-hydrogen) atoms. The lowest BCUT2D eigenvalue weighted by Gasteiger charge is -2.12. The smallest absolute Gasteiger partial charge is 0.311 e.